The topological polar surface area (TPSA) is 99.0 Å². The monoisotopic (exact) mass is 499 g/mol. The van der Waals surface area contributed by atoms with Crippen LogP contribution in [0.2, 0.25) is 0 Å². The highest BCUT2D eigenvalue weighted by Crippen LogP contribution is 2.40. The minimum absolute atomic E-state index is 0.182. The summed E-state index contributed by atoms with van der Waals surface area (Å²) in [6.07, 6.45) is 6.22. The van der Waals surface area contributed by atoms with Crippen molar-refractivity contribution in [3.05, 3.63) is 40.5 Å². The number of nitrogens with zero attached hydrogens (tertiary/aromatic N) is 4. The Morgan fingerprint density at radius 2 is 2.06 bits per heavy atom. The van der Waals surface area contributed by atoms with E-state index in [9.17, 15) is 9.59 Å². The summed E-state index contributed by atoms with van der Waals surface area (Å²) in [4.78, 5) is 31.1. The molecule has 0 radical (unpaired) electrons. The predicted molar refractivity (Wildman–Crippen MR) is 134 cm³/mol. The molecule has 3 aromatic heterocycles. The smallest absolute Gasteiger partial charge is 0.341 e. The number of thiophene rings is 1. The van der Waals surface area contributed by atoms with Gasteiger partial charge in [0.1, 0.15) is 5.00 Å². The number of hydrogen-bond acceptors (Lipinski definition) is 8. The van der Waals surface area contributed by atoms with Crippen LogP contribution in [-0.4, -0.2) is 43.5 Å². The fourth-order valence-corrected chi connectivity index (χ4v) is 6.37. The Morgan fingerprint density at radius 3 is 2.76 bits per heavy atom. The van der Waals surface area contributed by atoms with Gasteiger partial charge in [-0.3, -0.25) is 9.78 Å². The largest absolute Gasteiger partial charge is 0.462 e. The summed E-state index contributed by atoms with van der Waals surface area (Å²) in [5.74, 6) is 0.759. The number of hydrogen-bond donors (Lipinski definition) is 1. The first kappa shape index (κ1) is 24.4. The minimum atomic E-state index is -0.437. The highest BCUT2D eigenvalue weighted by Gasteiger charge is 2.30. The molecular formula is C24H29N5O3S2. The van der Waals surface area contributed by atoms with Crippen LogP contribution in [-0.2, 0) is 28.9 Å². The summed E-state index contributed by atoms with van der Waals surface area (Å²) in [5, 5.41) is 12.5. The van der Waals surface area contributed by atoms with Gasteiger partial charge in [-0.15, -0.1) is 21.5 Å². The number of carbonyl (C=O) groups excluding carboxylic acids is 2. The molecule has 3 aromatic rings. The molecule has 34 heavy (non-hydrogen) atoms. The fraction of sp³-hybridized carbons (Fsp3) is 0.458. The maximum Gasteiger partial charge on any atom is 0.341 e. The van der Waals surface area contributed by atoms with Crippen LogP contribution in [0.1, 0.15) is 54.9 Å². The highest BCUT2D eigenvalue weighted by atomic mass is 32.2. The zero-order valence-electron chi connectivity index (χ0n) is 19.8. The molecule has 1 aliphatic carbocycles. The number of rotatable bonds is 8. The van der Waals surface area contributed by atoms with E-state index in [1.54, 1.807) is 19.3 Å². The second-order valence-corrected chi connectivity index (χ2v) is 10.7. The molecule has 10 heteroatoms. The maximum atomic E-state index is 13.2. The molecule has 2 unspecified atom stereocenters. The molecule has 1 amide bonds. The summed E-state index contributed by atoms with van der Waals surface area (Å²) >= 11 is 2.85. The second kappa shape index (κ2) is 10.7. The molecule has 0 fully saturated rings. The van der Waals surface area contributed by atoms with E-state index in [2.05, 4.69) is 27.4 Å². The first-order valence-corrected chi connectivity index (χ1v) is 13.2. The molecule has 1 aliphatic rings. The third-order valence-corrected chi connectivity index (χ3v) is 8.10. The summed E-state index contributed by atoms with van der Waals surface area (Å²) < 4.78 is 7.30. The van der Waals surface area contributed by atoms with Crippen molar-refractivity contribution < 1.29 is 14.3 Å². The molecule has 2 atom stereocenters. The van der Waals surface area contributed by atoms with Crippen LogP contribution in [0.4, 0.5) is 5.00 Å². The van der Waals surface area contributed by atoms with E-state index in [4.69, 9.17) is 4.74 Å². The van der Waals surface area contributed by atoms with E-state index in [1.165, 1.54) is 28.0 Å². The van der Waals surface area contributed by atoms with Crippen molar-refractivity contribution in [1.29, 1.82) is 0 Å². The Morgan fingerprint density at radius 1 is 1.29 bits per heavy atom. The summed E-state index contributed by atoms with van der Waals surface area (Å²) in [5.41, 5.74) is 2.48. The number of amides is 1. The molecule has 0 spiro atoms. The fourth-order valence-electron chi connectivity index (χ4n) is 4.06. The Labute approximate surface area is 207 Å². The number of ether oxygens (including phenoxy) is 1. The summed E-state index contributed by atoms with van der Waals surface area (Å²) in [6.45, 7) is 8.83. The Hall–Kier alpha value is -2.72. The lowest BCUT2D eigenvalue weighted by Crippen LogP contribution is -2.24. The predicted octanol–water partition coefficient (Wildman–Crippen LogP) is 4.84. The van der Waals surface area contributed by atoms with Crippen LogP contribution in [0, 0.1) is 5.92 Å². The first-order valence-electron chi connectivity index (χ1n) is 11.6. The van der Waals surface area contributed by atoms with Crippen LogP contribution in [0.15, 0.2) is 29.7 Å². The van der Waals surface area contributed by atoms with Gasteiger partial charge < -0.3 is 14.6 Å². The molecule has 3 heterocycles. The van der Waals surface area contributed by atoms with Gasteiger partial charge in [-0.1, -0.05) is 18.7 Å². The molecule has 0 saturated carbocycles. The number of anilines is 1. The lowest BCUT2D eigenvalue weighted by molar-refractivity contribution is -0.115. The second-order valence-electron chi connectivity index (χ2n) is 8.31. The van der Waals surface area contributed by atoms with Crippen molar-refractivity contribution in [3.8, 4) is 11.4 Å². The number of nitrogens with one attached hydrogen (secondary N) is 1. The van der Waals surface area contributed by atoms with E-state index < -0.39 is 5.25 Å². The lowest BCUT2D eigenvalue weighted by Gasteiger charge is -2.18. The van der Waals surface area contributed by atoms with E-state index in [-0.39, 0.29) is 11.9 Å². The van der Waals surface area contributed by atoms with E-state index in [0.717, 1.165) is 36.2 Å². The van der Waals surface area contributed by atoms with Crippen molar-refractivity contribution in [2.24, 2.45) is 5.92 Å². The van der Waals surface area contributed by atoms with Gasteiger partial charge in [0.05, 0.1) is 17.4 Å². The third kappa shape index (κ3) is 5.02. The highest BCUT2D eigenvalue weighted by molar-refractivity contribution is 8.00. The van der Waals surface area contributed by atoms with E-state index in [0.29, 0.717) is 34.8 Å². The average molecular weight is 500 g/mol. The van der Waals surface area contributed by atoms with Crippen LogP contribution in [0.25, 0.3) is 11.4 Å². The van der Waals surface area contributed by atoms with Gasteiger partial charge in [0.25, 0.3) is 0 Å². The Balaban J connectivity index is 1.54. The van der Waals surface area contributed by atoms with Gasteiger partial charge >= 0.3 is 5.97 Å². The number of aromatic nitrogens is 4. The van der Waals surface area contributed by atoms with Gasteiger partial charge in [0.2, 0.25) is 5.91 Å². The molecular weight excluding hydrogens is 470 g/mol. The van der Waals surface area contributed by atoms with Crippen molar-refractivity contribution >= 4 is 40.0 Å². The number of esters is 1. The molecule has 0 aromatic carbocycles. The summed E-state index contributed by atoms with van der Waals surface area (Å²) in [7, 11) is 0. The summed E-state index contributed by atoms with van der Waals surface area (Å²) in [6, 6.07) is 3.77. The number of fused-ring (bicyclic) bond motifs is 1. The van der Waals surface area contributed by atoms with Crippen LogP contribution < -0.4 is 5.32 Å². The van der Waals surface area contributed by atoms with E-state index in [1.807, 2.05) is 30.5 Å². The molecule has 0 bridgehead atoms. The van der Waals surface area contributed by atoms with Gasteiger partial charge in [0, 0.05) is 29.4 Å². The van der Waals surface area contributed by atoms with Gasteiger partial charge in [-0.05, 0) is 63.6 Å². The van der Waals surface area contributed by atoms with Crippen molar-refractivity contribution in [3.63, 3.8) is 0 Å². The molecule has 0 saturated heterocycles. The average Bonchev–Trinajstić information content (AvgIpc) is 3.39. The standard InChI is InChI=1S/C24H29N5O3S2/c1-5-29-20(16-9-11-25-12-10-16)27-28-24(29)33-15(4)21(30)26-22-19(23(31)32-6-2)17-8-7-14(3)13-18(17)34-22/h9-12,14-15H,5-8,13H2,1-4H3,(H,26,30). The lowest BCUT2D eigenvalue weighted by atomic mass is 9.88. The first-order chi connectivity index (χ1) is 16.4. The van der Waals surface area contributed by atoms with Crippen molar-refractivity contribution in [2.75, 3.05) is 11.9 Å². The number of thioether (sulfide) groups is 1. The maximum absolute atomic E-state index is 13.2. The molecule has 4 rings (SSSR count). The third-order valence-electron chi connectivity index (χ3n) is 5.85. The number of carbonyl (C=O) groups is 2. The van der Waals surface area contributed by atoms with Crippen LogP contribution >= 0.6 is 23.1 Å². The van der Waals surface area contributed by atoms with Gasteiger partial charge in [-0.25, -0.2) is 4.79 Å². The number of pyridine rings is 1. The molecule has 180 valence electrons. The minimum Gasteiger partial charge on any atom is -0.462 e. The van der Waals surface area contributed by atoms with E-state index >= 15 is 0 Å². The van der Waals surface area contributed by atoms with Crippen molar-refractivity contribution in [2.45, 2.75) is 63.9 Å². The van der Waals surface area contributed by atoms with Crippen LogP contribution in [0.5, 0.6) is 0 Å². The normalized spacial score (nSPS) is 16.1. The van der Waals surface area contributed by atoms with Gasteiger partial charge in [0.15, 0.2) is 11.0 Å². The molecule has 0 aliphatic heterocycles. The Bertz CT molecular complexity index is 1170. The molecule has 1 N–H and O–H groups in total. The van der Waals surface area contributed by atoms with Crippen molar-refractivity contribution in [1.82, 2.24) is 19.7 Å². The van der Waals surface area contributed by atoms with Crippen LogP contribution in [0.3, 0.4) is 0 Å². The quantitative estimate of drug-likeness (QED) is 0.350. The SMILES string of the molecule is CCOC(=O)c1c(NC(=O)C(C)Sc2nnc(-c3ccncc3)n2CC)sc2c1CCC(C)C2. The Kier molecular flexibility index (Phi) is 7.67. The zero-order chi connectivity index (χ0) is 24.2. The zero-order valence-corrected chi connectivity index (χ0v) is 21.5. The molecule has 8 nitrogen and oxygen atoms in total. The van der Waals surface area contributed by atoms with Gasteiger partial charge in [-0.2, -0.15) is 0 Å².